The summed E-state index contributed by atoms with van der Waals surface area (Å²) in [5.74, 6) is 3.46. The third-order valence-corrected chi connectivity index (χ3v) is 4.32. The van der Waals surface area contributed by atoms with Crippen LogP contribution in [-0.2, 0) is 0 Å². The Hall–Kier alpha value is -1.75. The molecular weight excluding hydrogens is 254 g/mol. The summed E-state index contributed by atoms with van der Waals surface area (Å²) in [6.07, 6.45) is 3.59. The monoisotopic (exact) mass is 275 g/mol. The van der Waals surface area contributed by atoms with Crippen molar-refractivity contribution in [1.82, 2.24) is 9.97 Å². The van der Waals surface area contributed by atoms with Gasteiger partial charge >= 0.3 is 0 Å². The van der Waals surface area contributed by atoms with Crippen LogP contribution < -0.4 is 15.2 Å². The summed E-state index contributed by atoms with van der Waals surface area (Å²) >= 11 is 0. The molecule has 1 fully saturated rings. The Labute approximate surface area is 118 Å². The number of benzene rings is 1. The molecule has 1 aromatic heterocycles. The summed E-state index contributed by atoms with van der Waals surface area (Å²) in [5, 5.41) is 0. The van der Waals surface area contributed by atoms with Crippen molar-refractivity contribution < 1.29 is 9.47 Å². The van der Waals surface area contributed by atoms with Crippen molar-refractivity contribution >= 4 is 11.0 Å². The lowest BCUT2D eigenvalue weighted by atomic mass is 9.96. The van der Waals surface area contributed by atoms with Gasteiger partial charge in [0.1, 0.15) is 5.82 Å². The predicted octanol–water partition coefficient (Wildman–Crippen LogP) is 2.42. The molecule has 1 aliphatic rings. The van der Waals surface area contributed by atoms with E-state index in [0.717, 1.165) is 35.6 Å². The molecule has 1 aromatic carbocycles. The molecule has 2 atom stereocenters. The molecule has 5 heteroatoms. The van der Waals surface area contributed by atoms with Crippen molar-refractivity contribution in [3.8, 4) is 11.5 Å². The van der Waals surface area contributed by atoms with E-state index in [-0.39, 0.29) is 0 Å². The number of aromatic amines is 1. The maximum absolute atomic E-state index is 5.87. The first kappa shape index (κ1) is 13.2. The fraction of sp³-hybridized carbons (Fsp3) is 0.533. The molecule has 3 rings (SSSR count). The van der Waals surface area contributed by atoms with Crippen LogP contribution in [0.1, 0.15) is 31.0 Å². The number of fused-ring (bicyclic) bond motifs is 1. The lowest BCUT2D eigenvalue weighted by molar-refractivity contribution is 0.356. The molecule has 0 amide bonds. The van der Waals surface area contributed by atoms with Gasteiger partial charge in [0, 0.05) is 18.1 Å². The van der Waals surface area contributed by atoms with Crippen molar-refractivity contribution in [2.75, 3.05) is 20.8 Å². The first-order valence-corrected chi connectivity index (χ1v) is 7.08. The van der Waals surface area contributed by atoms with Crippen LogP contribution in [0.2, 0.25) is 0 Å². The van der Waals surface area contributed by atoms with Gasteiger partial charge in [-0.2, -0.15) is 0 Å². The number of hydrogen-bond acceptors (Lipinski definition) is 4. The second kappa shape index (κ2) is 5.32. The highest BCUT2D eigenvalue weighted by Crippen LogP contribution is 2.39. The largest absolute Gasteiger partial charge is 0.493 e. The molecule has 20 heavy (non-hydrogen) atoms. The van der Waals surface area contributed by atoms with E-state index in [0.29, 0.717) is 17.6 Å². The summed E-state index contributed by atoms with van der Waals surface area (Å²) < 4.78 is 10.7. The number of nitrogens with two attached hydrogens (primary N) is 1. The number of nitrogens with zero attached hydrogens (tertiary/aromatic N) is 1. The van der Waals surface area contributed by atoms with E-state index >= 15 is 0 Å². The zero-order chi connectivity index (χ0) is 14.1. The lowest BCUT2D eigenvalue weighted by Crippen LogP contribution is -2.17. The molecule has 1 aliphatic carbocycles. The van der Waals surface area contributed by atoms with Gasteiger partial charge in [0.05, 0.1) is 25.3 Å². The van der Waals surface area contributed by atoms with Gasteiger partial charge in [0.15, 0.2) is 11.5 Å². The van der Waals surface area contributed by atoms with E-state index in [2.05, 4.69) is 4.98 Å². The van der Waals surface area contributed by atoms with Crippen LogP contribution in [0.5, 0.6) is 11.5 Å². The lowest BCUT2D eigenvalue weighted by Gasteiger charge is -2.14. The maximum Gasteiger partial charge on any atom is 0.163 e. The van der Waals surface area contributed by atoms with E-state index < -0.39 is 0 Å². The van der Waals surface area contributed by atoms with Gasteiger partial charge in [-0.3, -0.25) is 0 Å². The molecule has 1 saturated carbocycles. The number of rotatable bonds is 4. The zero-order valence-corrected chi connectivity index (χ0v) is 12.0. The van der Waals surface area contributed by atoms with E-state index in [1.54, 1.807) is 14.2 Å². The second-order valence-corrected chi connectivity index (χ2v) is 5.38. The fourth-order valence-electron chi connectivity index (χ4n) is 3.21. The SMILES string of the molecule is COc1cc2nc(C3CCCC3CN)[nH]c2cc1OC. The minimum atomic E-state index is 0.449. The molecule has 2 aromatic rings. The Morgan fingerprint density at radius 3 is 2.70 bits per heavy atom. The summed E-state index contributed by atoms with van der Waals surface area (Å²) in [6, 6.07) is 3.86. The Bertz CT molecular complexity index is 567. The van der Waals surface area contributed by atoms with Crippen LogP contribution in [0.4, 0.5) is 0 Å². The zero-order valence-electron chi connectivity index (χ0n) is 12.0. The molecule has 0 aliphatic heterocycles. The summed E-state index contributed by atoms with van der Waals surface area (Å²) in [4.78, 5) is 8.16. The first-order chi connectivity index (χ1) is 9.76. The molecule has 3 N–H and O–H groups in total. The number of H-pyrrole nitrogens is 1. The molecular formula is C15H21N3O2. The smallest absolute Gasteiger partial charge is 0.163 e. The van der Waals surface area contributed by atoms with Gasteiger partial charge in [-0.05, 0) is 25.3 Å². The highest BCUT2D eigenvalue weighted by molar-refractivity contribution is 5.79. The maximum atomic E-state index is 5.87. The minimum absolute atomic E-state index is 0.449. The average Bonchev–Trinajstić information content (AvgIpc) is 3.10. The van der Waals surface area contributed by atoms with Crippen molar-refractivity contribution in [1.29, 1.82) is 0 Å². The van der Waals surface area contributed by atoms with Crippen LogP contribution in [-0.4, -0.2) is 30.7 Å². The van der Waals surface area contributed by atoms with Crippen LogP contribution >= 0.6 is 0 Å². The van der Waals surface area contributed by atoms with Gasteiger partial charge in [-0.1, -0.05) is 6.42 Å². The molecule has 0 bridgehead atoms. The molecule has 0 radical (unpaired) electrons. The highest BCUT2D eigenvalue weighted by atomic mass is 16.5. The minimum Gasteiger partial charge on any atom is -0.493 e. The van der Waals surface area contributed by atoms with E-state index in [4.69, 9.17) is 20.2 Å². The first-order valence-electron chi connectivity index (χ1n) is 7.08. The Balaban J connectivity index is 2.02. The summed E-state index contributed by atoms with van der Waals surface area (Å²) in [7, 11) is 3.28. The fourth-order valence-corrected chi connectivity index (χ4v) is 3.21. The van der Waals surface area contributed by atoms with Gasteiger partial charge in [0.25, 0.3) is 0 Å². The van der Waals surface area contributed by atoms with Crippen molar-refractivity contribution in [2.24, 2.45) is 11.7 Å². The summed E-state index contributed by atoms with van der Waals surface area (Å²) in [5.41, 5.74) is 7.77. The second-order valence-electron chi connectivity index (χ2n) is 5.38. The standard InChI is InChI=1S/C15H21N3O2/c1-19-13-6-11-12(7-14(13)20-2)18-15(17-11)10-5-3-4-9(10)8-16/h6-7,9-10H,3-5,8,16H2,1-2H3,(H,17,18). The number of nitrogens with one attached hydrogen (secondary N) is 1. The highest BCUT2D eigenvalue weighted by Gasteiger charge is 2.29. The Morgan fingerprint density at radius 1 is 1.25 bits per heavy atom. The summed E-state index contributed by atoms with van der Waals surface area (Å²) in [6.45, 7) is 0.731. The molecule has 1 heterocycles. The van der Waals surface area contributed by atoms with Crippen LogP contribution in [0.15, 0.2) is 12.1 Å². The number of methoxy groups -OCH3 is 2. The van der Waals surface area contributed by atoms with Crippen molar-refractivity contribution in [3.05, 3.63) is 18.0 Å². The molecule has 2 unspecified atom stereocenters. The predicted molar refractivity (Wildman–Crippen MR) is 78.3 cm³/mol. The van der Waals surface area contributed by atoms with Crippen LogP contribution in [0.3, 0.4) is 0 Å². The number of ether oxygens (including phenoxy) is 2. The van der Waals surface area contributed by atoms with Crippen LogP contribution in [0, 0.1) is 5.92 Å². The normalized spacial score (nSPS) is 22.4. The van der Waals surface area contributed by atoms with Gasteiger partial charge < -0.3 is 20.2 Å². The number of hydrogen-bond donors (Lipinski definition) is 2. The topological polar surface area (TPSA) is 73.2 Å². The average molecular weight is 275 g/mol. The van der Waals surface area contributed by atoms with Crippen molar-refractivity contribution in [3.63, 3.8) is 0 Å². The van der Waals surface area contributed by atoms with E-state index in [1.165, 1.54) is 12.8 Å². The molecule has 5 nitrogen and oxygen atoms in total. The molecule has 108 valence electrons. The third-order valence-electron chi connectivity index (χ3n) is 4.32. The van der Waals surface area contributed by atoms with Crippen molar-refractivity contribution in [2.45, 2.75) is 25.2 Å². The van der Waals surface area contributed by atoms with Gasteiger partial charge in [0.2, 0.25) is 0 Å². The van der Waals surface area contributed by atoms with Crippen LogP contribution in [0.25, 0.3) is 11.0 Å². The molecule has 0 spiro atoms. The number of aromatic nitrogens is 2. The quantitative estimate of drug-likeness (QED) is 0.898. The number of imidazole rings is 1. The van der Waals surface area contributed by atoms with Gasteiger partial charge in [-0.15, -0.1) is 0 Å². The molecule has 0 saturated heterocycles. The third kappa shape index (κ3) is 2.12. The van der Waals surface area contributed by atoms with E-state index in [1.807, 2.05) is 12.1 Å². The Kier molecular flexibility index (Phi) is 3.53. The van der Waals surface area contributed by atoms with E-state index in [9.17, 15) is 0 Å². The van der Waals surface area contributed by atoms with Gasteiger partial charge in [-0.25, -0.2) is 4.98 Å². The Morgan fingerprint density at radius 2 is 2.00 bits per heavy atom.